The van der Waals surface area contributed by atoms with E-state index < -0.39 is 10.9 Å². The molecular formula is C10H11N5O4S. The lowest BCUT2D eigenvalue weighted by Gasteiger charge is -2.03. The molecule has 2 aromatic rings. The van der Waals surface area contributed by atoms with Crippen LogP contribution >= 0.6 is 11.3 Å². The smallest absolute Gasteiger partial charge is 0.348 e. The van der Waals surface area contributed by atoms with Crippen molar-refractivity contribution in [2.75, 3.05) is 0 Å². The fourth-order valence-electron chi connectivity index (χ4n) is 1.45. The molecule has 0 fully saturated rings. The van der Waals surface area contributed by atoms with Gasteiger partial charge in [-0.25, -0.2) is 9.48 Å². The second-order valence-electron chi connectivity index (χ2n) is 3.79. The SMILES string of the molecule is CCCn1nnnc1COC(=O)c1ccc([N+](=O)[O-])s1. The largest absolute Gasteiger partial charge is 0.453 e. The Morgan fingerprint density at radius 1 is 1.55 bits per heavy atom. The monoisotopic (exact) mass is 297 g/mol. The minimum atomic E-state index is -0.630. The number of carbonyl (C=O) groups is 1. The highest BCUT2D eigenvalue weighted by atomic mass is 32.1. The molecule has 2 aromatic heterocycles. The molecule has 2 rings (SSSR count). The molecule has 0 radical (unpaired) electrons. The van der Waals surface area contributed by atoms with Crippen molar-refractivity contribution in [1.29, 1.82) is 0 Å². The predicted octanol–water partition coefficient (Wildman–Crippen LogP) is 1.41. The van der Waals surface area contributed by atoms with E-state index in [2.05, 4.69) is 15.5 Å². The summed E-state index contributed by atoms with van der Waals surface area (Å²) in [7, 11) is 0. The number of aryl methyl sites for hydroxylation is 1. The lowest BCUT2D eigenvalue weighted by molar-refractivity contribution is -0.380. The van der Waals surface area contributed by atoms with Crippen LogP contribution < -0.4 is 0 Å². The molecule has 0 saturated carbocycles. The van der Waals surface area contributed by atoms with Crippen molar-refractivity contribution in [3.8, 4) is 0 Å². The minimum absolute atomic E-state index is 0.0719. The average molecular weight is 297 g/mol. The molecule has 0 N–H and O–H groups in total. The molecule has 106 valence electrons. The third-order valence-corrected chi connectivity index (χ3v) is 3.36. The number of hydrogen-bond donors (Lipinski definition) is 0. The maximum absolute atomic E-state index is 11.7. The summed E-state index contributed by atoms with van der Waals surface area (Å²) in [5.41, 5.74) is 0. The number of aromatic nitrogens is 4. The van der Waals surface area contributed by atoms with Crippen molar-refractivity contribution in [3.05, 3.63) is 32.9 Å². The number of nitro groups is 1. The molecule has 0 amide bonds. The van der Waals surface area contributed by atoms with E-state index in [1.807, 2.05) is 6.92 Å². The average Bonchev–Trinajstić information content (AvgIpc) is 3.05. The fraction of sp³-hybridized carbons (Fsp3) is 0.400. The van der Waals surface area contributed by atoms with E-state index in [1.165, 1.54) is 12.1 Å². The van der Waals surface area contributed by atoms with Gasteiger partial charge in [-0.1, -0.05) is 18.3 Å². The Labute approximate surface area is 117 Å². The van der Waals surface area contributed by atoms with Crippen molar-refractivity contribution in [3.63, 3.8) is 0 Å². The molecule has 0 spiro atoms. The third-order valence-electron chi connectivity index (χ3n) is 2.35. The molecule has 0 atom stereocenters. The van der Waals surface area contributed by atoms with Crippen LogP contribution in [0.25, 0.3) is 0 Å². The summed E-state index contributed by atoms with van der Waals surface area (Å²) in [4.78, 5) is 21.9. The van der Waals surface area contributed by atoms with Gasteiger partial charge in [0.25, 0.3) is 0 Å². The van der Waals surface area contributed by atoms with Crippen LogP contribution in [-0.4, -0.2) is 31.1 Å². The predicted molar refractivity (Wildman–Crippen MR) is 68.2 cm³/mol. The van der Waals surface area contributed by atoms with Gasteiger partial charge in [0.2, 0.25) is 0 Å². The van der Waals surface area contributed by atoms with Gasteiger partial charge >= 0.3 is 11.0 Å². The van der Waals surface area contributed by atoms with Gasteiger partial charge in [0.15, 0.2) is 12.4 Å². The first kappa shape index (κ1) is 14.1. The number of esters is 1. The molecule has 0 aliphatic rings. The topological polar surface area (TPSA) is 113 Å². The maximum Gasteiger partial charge on any atom is 0.348 e. The Kier molecular flexibility index (Phi) is 4.35. The summed E-state index contributed by atoms with van der Waals surface area (Å²) >= 11 is 0.769. The summed E-state index contributed by atoms with van der Waals surface area (Å²) in [6, 6.07) is 2.63. The molecule has 0 bridgehead atoms. The van der Waals surface area contributed by atoms with Gasteiger partial charge in [0.1, 0.15) is 4.88 Å². The lowest BCUT2D eigenvalue weighted by Crippen LogP contribution is -2.10. The van der Waals surface area contributed by atoms with Gasteiger partial charge in [-0.3, -0.25) is 10.1 Å². The zero-order valence-electron chi connectivity index (χ0n) is 10.6. The van der Waals surface area contributed by atoms with Crippen molar-refractivity contribution in [2.24, 2.45) is 0 Å². The normalized spacial score (nSPS) is 10.4. The van der Waals surface area contributed by atoms with Crippen molar-refractivity contribution >= 4 is 22.3 Å². The quantitative estimate of drug-likeness (QED) is 0.450. The van der Waals surface area contributed by atoms with Crippen LogP contribution in [0.15, 0.2) is 12.1 Å². The molecular weight excluding hydrogens is 286 g/mol. The van der Waals surface area contributed by atoms with E-state index >= 15 is 0 Å². The van der Waals surface area contributed by atoms with Crippen LogP contribution in [0.5, 0.6) is 0 Å². The zero-order chi connectivity index (χ0) is 14.5. The molecule has 10 heteroatoms. The number of ether oxygens (including phenoxy) is 1. The highest BCUT2D eigenvalue weighted by Crippen LogP contribution is 2.24. The standard InChI is InChI=1S/C10H11N5O4S/c1-2-5-14-8(11-12-13-14)6-19-10(16)7-3-4-9(20-7)15(17)18/h3-4H,2,5-6H2,1H3. The van der Waals surface area contributed by atoms with Crippen LogP contribution in [0, 0.1) is 10.1 Å². The fourth-order valence-corrected chi connectivity index (χ4v) is 2.16. The summed E-state index contributed by atoms with van der Waals surface area (Å²) in [6.45, 7) is 2.53. The summed E-state index contributed by atoms with van der Waals surface area (Å²) in [5.74, 6) is -0.194. The summed E-state index contributed by atoms with van der Waals surface area (Å²) in [5, 5.41) is 21.4. The second kappa shape index (κ2) is 6.19. The van der Waals surface area contributed by atoms with E-state index in [9.17, 15) is 14.9 Å². The van der Waals surface area contributed by atoms with Gasteiger partial charge in [0.05, 0.1) is 4.92 Å². The Balaban J connectivity index is 1.97. The molecule has 0 aromatic carbocycles. The molecule has 2 heterocycles. The van der Waals surface area contributed by atoms with Crippen LogP contribution in [0.1, 0.15) is 28.8 Å². The first-order valence-electron chi connectivity index (χ1n) is 5.78. The van der Waals surface area contributed by atoms with Crippen molar-refractivity contribution in [2.45, 2.75) is 26.5 Å². The van der Waals surface area contributed by atoms with Crippen LogP contribution in [0.2, 0.25) is 0 Å². The molecule has 20 heavy (non-hydrogen) atoms. The number of thiophene rings is 1. The minimum Gasteiger partial charge on any atom is -0.453 e. The van der Waals surface area contributed by atoms with Crippen LogP contribution in [0.3, 0.4) is 0 Å². The van der Waals surface area contributed by atoms with Crippen molar-refractivity contribution < 1.29 is 14.5 Å². The summed E-state index contributed by atoms with van der Waals surface area (Å²) in [6.07, 6.45) is 0.850. The lowest BCUT2D eigenvalue weighted by atomic mass is 10.4. The van der Waals surface area contributed by atoms with Gasteiger partial charge in [0, 0.05) is 12.6 Å². The molecule has 0 aliphatic carbocycles. The maximum atomic E-state index is 11.7. The highest BCUT2D eigenvalue weighted by Gasteiger charge is 2.17. The number of carbonyl (C=O) groups excluding carboxylic acids is 1. The third kappa shape index (κ3) is 3.15. The number of hydrogen-bond acceptors (Lipinski definition) is 8. The zero-order valence-corrected chi connectivity index (χ0v) is 11.4. The van der Waals surface area contributed by atoms with E-state index in [-0.39, 0.29) is 16.5 Å². The molecule has 9 nitrogen and oxygen atoms in total. The van der Waals surface area contributed by atoms with Crippen molar-refractivity contribution in [1.82, 2.24) is 20.2 Å². The van der Waals surface area contributed by atoms with Crippen LogP contribution in [-0.2, 0) is 17.9 Å². The number of tetrazole rings is 1. The van der Waals surface area contributed by atoms with Gasteiger partial charge in [-0.05, 0) is 22.9 Å². The van der Waals surface area contributed by atoms with E-state index in [4.69, 9.17) is 4.74 Å². The second-order valence-corrected chi connectivity index (χ2v) is 4.85. The Morgan fingerprint density at radius 2 is 2.35 bits per heavy atom. The first-order valence-corrected chi connectivity index (χ1v) is 6.60. The first-order chi connectivity index (χ1) is 9.61. The summed E-state index contributed by atoms with van der Waals surface area (Å²) < 4.78 is 6.58. The van der Waals surface area contributed by atoms with Gasteiger partial charge in [-0.2, -0.15) is 0 Å². The Hall–Kier alpha value is -2.36. The van der Waals surface area contributed by atoms with Gasteiger partial charge in [-0.15, -0.1) is 5.10 Å². The Bertz CT molecular complexity index is 623. The van der Waals surface area contributed by atoms with E-state index in [0.29, 0.717) is 12.4 Å². The molecule has 0 unspecified atom stereocenters. The van der Waals surface area contributed by atoms with Gasteiger partial charge < -0.3 is 4.74 Å². The highest BCUT2D eigenvalue weighted by molar-refractivity contribution is 7.17. The number of nitrogens with zero attached hydrogens (tertiary/aromatic N) is 5. The van der Waals surface area contributed by atoms with Crippen LogP contribution in [0.4, 0.5) is 5.00 Å². The Morgan fingerprint density at radius 3 is 3.00 bits per heavy atom. The number of rotatable bonds is 6. The van der Waals surface area contributed by atoms with E-state index in [1.54, 1.807) is 4.68 Å². The van der Waals surface area contributed by atoms with E-state index in [0.717, 1.165) is 17.8 Å². The molecule has 0 aliphatic heterocycles. The molecule has 0 saturated heterocycles.